The summed E-state index contributed by atoms with van der Waals surface area (Å²) in [6.07, 6.45) is 3.71. The van der Waals surface area contributed by atoms with Crippen molar-refractivity contribution in [3.8, 4) is 17.6 Å². The molecule has 3 aromatic carbocycles. The number of amides is 1. The van der Waals surface area contributed by atoms with Crippen LogP contribution in [0.2, 0.25) is 0 Å². The fourth-order valence-corrected chi connectivity index (χ4v) is 4.45. The van der Waals surface area contributed by atoms with Crippen LogP contribution in [0.1, 0.15) is 37.8 Å². The topological polar surface area (TPSA) is 71.3 Å². The van der Waals surface area contributed by atoms with E-state index in [1.54, 1.807) is 24.3 Å². The summed E-state index contributed by atoms with van der Waals surface area (Å²) in [6, 6.07) is 27.4. The second-order valence-electron chi connectivity index (χ2n) is 8.89. The molecule has 0 unspecified atom stereocenters. The molecule has 1 atom stereocenters. The average molecular weight is 491 g/mol. The Morgan fingerprint density at radius 1 is 0.973 bits per heavy atom. The summed E-state index contributed by atoms with van der Waals surface area (Å²) < 4.78 is 11.4. The zero-order chi connectivity index (χ0) is 26.2. The van der Waals surface area contributed by atoms with Gasteiger partial charge in [-0.2, -0.15) is 5.26 Å². The highest BCUT2D eigenvalue weighted by molar-refractivity contribution is 6.07. The van der Waals surface area contributed by atoms with Gasteiger partial charge in [0, 0.05) is 17.7 Å². The number of allylic oxidation sites excluding steroid dienone is 5. The van der Waals surface area contributed by atoms with Gasteiger partial charge in [0.15, 0.2) is 0 Å². The van der Waals surface area contributed by atoms with Crippen LogP contribution < -0.4 is 14.8 Å². The summed E-state index contributed by atoms with van der Waals surface area (Å²) >= 11 is 0. The van der Waals surface area contributed by atoms with Crippen molar-refractivity contribution in [1.29, 1.82) is 5.26 Å². The van der Waals surface area contributed by atoms with Gasteiger partial charge in [0.1, 0.15) is 29.7 Å². The molecule has 1 aliphatic rings. The number of nitrogens with zero attached hydrogens (tertiary/aromatic N) is 1. The van der Waals surface area contributed by atoms with E-state index in [4.69, 9.17) is 9.47 Å². The Labute approximate surface area is 218 Å². The minimum Gasteiger partial charge on any atom is -0.494 e. The summed E-state index contributed by atoms with van der Waals surface area (Å²) in [5.41, 5.74) is 6.01. The van der Waals surface area contributed by atoms with E-state index in [1.807, 2.05) is 68.5 Å². The van der Waals surface area contributed by atoms with E-state index in [9.17, 15) is 10.1 Å². The highest BCUT2D eigenvalue weighted by atomic mass is 16.5. The lowest BCUT2D eigenvalue weighted by molar-refractivity contribution is -0.112. The first kappa shape index (κ1) is 25.5. The Hall–Kier alpha value is -4.56. The van der Waals surface area contributed by atoms with Crippen LogP contribution in [0, 0.1) is 11.3 Å². The lowest BCUT2D eigenvalue weighted by atomic mass is 9.89. The molecule has 0 aliphatic heterocycles. The quantitative estimate of drug-likeness (QED) is 0.256. The number of carbonyl (C=O) groups is 1. The van der Waals surface area contributed by atoms with Gasteiger partial charge in [-0.1, -0.05) is 65.8 Å². The number of carbonyl (C=O) groups excluding carboxylic acids is 1. The Morgan fingerprint density at radius 2 is 1.73 bits per heavy atom. The van der Waals surface area contributed by atoms with E-state index in [0.717, 1.165) is 33.6 Å². The molecule has 5 nitrogen and oxygen atoms in total. The van der Waals surface area contributed by atoms with Crippen LogP contribution in [0.5, 0.6) is 11.5 Å². The highest BCUT2D eigenvalue weighted by Gasteiger charge is 2.24. The first-order valence-electron chi connectivity index (χ1n) is 12.3. The van der Waals surface area contributed by atoms with Crippen LogP contribution in [-0.2, 0) is 11.4 Å². The van der Waals surface area contributed by atoms with E-state index in [2.05, 4.69) is 30.4 Å². The summed E-state index contributed by atoms with van der Waals surface area (Å²) in [5.74, 6) is 1.10. The molecule has 0 saturated carbocycles. The van der Waals surface area contributed by atoms with E-state index in [1.165, 1.54) is 0 Å². The molecule has 1 aliphatic carbocycles. The second kappa shape index (κ2) is 11.9. The molecule has 0 aromatic heterocycles. The second-order valence-corrected chi connectivity index (χ2v) is 8.89. The third-order valence-corrected chi connectivity index (χ3v) is 6.26. The third-order valence-electron chi connectivity index (χ3n) is 6.26. The van der Waals surface area contributed by atoms with Crippen LogP contribution in [0.25, 0.3) is 0 Å². The number of ether oxygens (including phenoxy) is 2. The lowest BCUT2D eigenvalue weighted by Gasteiger charge is -2.16. The molecule has 3 aromatic rings. The Kier molecular flexibility index (Phi) is 8.22. The molecule has 1 N–H and O–H groups in total. The minimum absolute atomic E-state index is 0.0468. The van der Waals surface area contributed by atoms with Gasteiger partial charge < -0.3 is 14.8 Å². The van der Waals surface area contributed by atoms with Gasteiger partial charge in [0.05, 0.1) is 6.61 Å². The fourth-order valence-electron chi connectivity index (χ4n) is 4.45. The van der Waals surface area contributed by atoms with Crippen molar-refractivity contribution in [3.63, 3.8) is 0 Å². The van der Waals surface area contributed by atoms with Crippen LogP contribution in [-0.4, -0.2) is 12.5 Å². The number of nitriles is 1. The molecular weight excluding hydrogens is 460 g/mol. The molecule has 0 bridgehead atoms. The number of hydrogen-bond donors (Lipinski definition) is 1. The molecule has 0 heterocycles. The SMILES string of the molecule is CCOc1cccc(NC(=O)/C(C#N)=C\C2=C(C)[C@@H](c3ccc(OCc4ccccc4)cc3)C(C)=C2)c1. The number of nitrogens with one attached hydrogen (secondary N) is 1. The van der Waals surface area contributed by atoms with Gasteiger partial charge in [-0.25, -0.2) is 0 Å². The molecular formula is C32H30N2O3. The number of rotatable bonds is 9. The molecule has 0 spiro atoms. The van der Waals surface area contributed by atoms with Crippen molar-refractivity contribution in [2.24, 2.45) is 0 Å². The summed E-state index contributed by atoms with van der Waals surface area (Å²) in [5, 5.41) is 12.5. The molecule has 5 heteroatoms. The predicted octanol–water partition coefficient (Wildman–Crippen LogP) is 7.11. The standard InChI is InChI=1S/C32H30N2O3/c1-4-36-30-12-8-11-28(19-30)34-32(35)27(20-33)18-26-17-22(2)31(23(26)3)25-13-15-29(16-14-25)37-21-24-9-6-5-7-10-24/h5-19,31H,4,21H2,1-3H3,(H,34,35)/b27-18-/t31-/m0/s1. The molecule has 4 rings (SSSR count). The maximum absolute atomic E-state index is 12.8. The number of anilines is 1. The van der Waals surface area contributed by atoms with Gasteiger partial charge in [-0.3, -0.25) is 4.79 Å². The van der Waals surface area contributed by atoms with Crippen molar-refractivity contribution < 1.29 is 14.3 Å². The molecule has 0 radical (unpaired) electrons. The maximum atomic E-state index is 12.8. The molecule has 186 valence electrons. The Morgan fingerprint density at radius 3 is 2.43 bits per heavy atom. The fraction of sp³-hybridized carbons (Fsp3) is 0.188. The average Bonchev–Trinajstić information content (AvgIpc) is 3.19. The summed E-state index contributed by atoms with van der Waals surface area (Å²) in [6.45, 7) is 7.06. The van der Waals surface area contributed by atoms with E-state index < -0.39 is 5.91 Å². The first-order chi connectivity index (χ1) is 18.0. The normalized spacial score (nSPS) is 15.1. The van der Waals surface area contributed by atoms with E-state index in [-0.39, 0.29) is 11.5 Å². The lowest BCUT2D eigenvalue weighted by Crippen LogP contribution is -2.13. The van der Waals surface area contributed by atoms with E-state index >= 15 is 0 Å². The maximum Gasteiger partial charge on any atom is 0.266 e. The Bertz CT molecular complexity index is 1390. The van der Waals surface area contributed by atoms with Gasteiger partial charge in [0.2, 0.25) is 0 Å². The largest absolute Gasteiger partial charge is 0.494 e. The number of hydrogen-bond acceptors (Lipinski definition) is 4. The van der Waals surface area contributed by atoms with Gasteiger partial charge in [-0.05, 0) is 67.8 Å². The first-order valence-corrected chi connectivity index (χ1v) is 12.3. The highest BCUT2D eigenvalue weighted by Crippen LogP contribution is 2.40. The monoisotopic (exact) mass is 490 g/mol. The van der Waals surface area contributed by atoms with Crippen molar-refractivity contribution in [3.05, 3.63) is 124 Å². The van der Waals surface area contributed by atoms with Crippen LogP contribution >= 0.6 is 0 Å². The Balaban J connectivity index is 1.47. The third kappa shape index (κ3) is 6.36. The number of benzene rings is 3. The van der Waals surface area contributed by atoms with Crippen molar-refractivity contribution in [1.82, 2.24) is 0 Å². The van der Waals surface area contributed by atoms with Crippen LogP contribution in [0.15, 0.2) is 113 Å². The van der Waals surface area contributed by atoms with Crippen LogP contribution in [0.3, 0.4) is 0 Å². The van der Waals surface area contributed by atoms with Gasteiger partial charge in [-0.15, -0.1) is 0 Å². The summed E-state index contributed by atoms with van der Waals surface area (Å²) in [7, 11) is 0. The van der Waals surface area contributed by atoms with E-state index in [0.29, 0.717) is 24.7 Å². The van der Waals surface area contributed by atoms with Crippen molar-refractivity contribution in [2.75, 3.05) is 11.9 Å². The summed E-state index contributed by atoms with van der Waals surface area (Å²) in [4.78, 5) is 12.8. The predicted molar refractivity (Wildman–Crippen MR) is 146 cm³/mol. The van der Waals surface area contributed by atoms with Crippen molar-refractivity contribution >= 4 is 11.6 Å². The zero-order valence-corrected chi connectivity index (χ0v) is 21.3. The smallest absolute Gasteiger partial charge is 0.266 e. The zero-order valence-electron chi connectivity index (χ0n) is 21.3. The molecule has 37 heavy (non-hydrogen) atoms. The van der Waals surface area contributed by atoms with Gasteiger partial charge in [0.25, 0.3) is 5.91 Å². The molecule has 0 saturated heterocycles. The van der Waals surface area contributed by atoms with Crippen LogP contribution in [0.4, 0.5) is 5.69 Å². The van der Waals surface area contributed by atoms with Crippen molar-refractivity contribution in [2.45, 2.75) is 33.3 Å². The molecule has 0 fully saturated rings. The molecule has 1 amide bonds. The minimum atomic E-state index is -0.453. The van der Waals surface area contributed by atoms with Gasteiger partial charge >= 0.3 is 0 Å².